The molecular weight excluding hydrogens is 462 g/mol. The van der Waals surface area contributed by atoms with Crippen molar-refractivity contribution in [3.63, 3.8) is 0 Å². The van der Waals surface area contributed by atoms with E-state index in [0.29, 0.717) is 17.0 Å². The highest BCUT2D eigenvalue weighted by Gasteiger charge is 2.15. The minimum absolute atomic E-state index is 0.208. The Bertz CT molecular complexity index is 1380. The van der Waals surface area contributed by atoms with Crippen LogP contribution in [0, 0.1) is 20.8 Å². The number of aryl methyl sites for hydroxylation is 5. The van der Waals surface area contributed by atoms with Gasteiger partial charge in [-0.25, -0.2) is 0 Å². The molecule has 0 aliphatic heterocycles. The number of anilines is 2. The van der Waals surface area contributed by atoms with Gasteiger partial charge in [0.05, 0.1) is 5.56 Å². The third kappa shape index (κ3) is 7.04. The number of amides is 2. The first-order chi connectivity index (χ1) is 17.9. The molecule has 1 heterocycles. The maximum absolute atomic E-state index is 13.1. The van der Waals surface area contributed by atoms with Crippen LogP contribution in [0.4, 0.5) is 11.4 Å². The Balaban J connectivity index is 1.38. The van der Waals surface area contributed by atoms with Gasteiger partial charge in [0.1, 0.15) is 5.75 Å². The second-order valence-corrected chi connectivity index (χ2v) is 9.08. The van der Waals surface area contributed by atoms with Gasteiger partial charge >= 0.3 is 0 Å². The molecule has 4 rings (SSSR count). The number of para-hydroxylation sites is 1. The van der Waals surface area contributed by atoms with Crippen molar-refractivity contribution in [3.8, 4) is 5.75 Å². The lowest BCUT2D eigenvalue weighted by Gasteiger charge is -2.15. The molecule has 0 unspecified atom stereocenters. The van der Waals surface area contributed by atoms with Gasteiger partial charge in [0.2, 0.25) is 0 Å². The molecule has 6 nitrogen and oxygen atoms in total. The molecule has 0 saturated heterocycles. The van der Waals surface area contributed by atoms with Crippen LogP contribution in [-0.4, -0.2) is 23.4 Å². The zero-order chi connectivity index (χ0) is 26.2. The summed E-state index contributed by atoms with van der Waals surface area (Å²) in [5.41, 5.74) is 7.10. The zero-order valence-electron chi connectivity index (χ0n) is 21.4. The molecule has 0 fully saturated rings. The molecule has 1 aromatic heterocycles. The van der Waals surface area contributed by atoms with Gasteiger partial charge in [-0.15, -0.1) is 0 Å². The Morgan fingerprint density at radius 3 is 2.32 bits per heavy atom. The summed E-state index contributed by atoms with van der Waals surface area (Å²) >= 11 is 0. The summed E-state index contributed by atoms with van der Waals surface area (Å²) in [6.07, 6.45) is 3.42. The van der Waals surface area contributed by atoms with Gasteiger partial charge in [0.15, 0.2) is 6.61 Å². The fourth-order valence-corrected chi connectivity index (χ4v) is 4.30. The molecule has 0 aliphatic rings. The standard InChI is InChI=1S/C31H31N3O3/c1-21-17-22(2)30(23(3)18-21)34-29(35)20-37-28-13-5-4-12-27(28)31(36)33-26-11-8-9-24(19-26)14-15-25-10-6-7-16-32-25/h4-13,16-19H,14-15,20H2,1-3H3,(H,33,36)(H,34,35). The van der Waals surface area contributed by atoms with Gasteiger partial charge in [0, 0.05) is 23.3 Å². The van der Waals surface area contributed by atoms with Gasteiger partial charge in [-0.3, -0.25) is 14.6 Å². The lowest BCUT2D eigenvalue weighted by molar-refractivity contribution is -0.118. The van der Waals surface area contributed by atoms with Crippen molar-refractivity contribution < 1.29 is 14.3 Å². The third-order valence-corrected chi connectivity index (χ3v) is 6.01. The SMILES string of the molecule is Cc1cc(C)c(NC(=O)COc2ccccc2C(=O)Nc2cccc(CCc3ccccn3)c2)c(C)c1. The number of nitrogens with one attached hydrogen (secondary N) is 2. The average molecular weight is 494 g/mol. The highest BCUT2D eigenvalue weighted by Crippen LogP contribution is 2.23. The fourth-order valence-electron chi connectivity index (χ4n) is 4.30. The lowest BCUT2D eigenvalue weighted by atomic mass is 10.1. The normalized spacial score (nSPS) is 10.6. The van der Waals surface area contributed by atoms with Crippen molar-refractivity contribution in [1.29, 1.82) is 0 Å². The predicted molar refractivity (Wildman–Crippen MR) is 147 cm³/mol. The van der Waals surface area contributed by atoms with Crippen LogP contribution >= 0.6 is 0 Å². The smallest absolute Gasteiger partial charge is 0.262 e. The van der Waals surface area contributed by atoms with Crippen molar-refractivity contribution in [2.45, 2.75) is 33.6 Å². The van der Waals surface area contributed by atoms with Crippen LogP contribution in [0.2, 0.25) is 0 Å². The molecule has 0 atom stereocenters. The predicted octanol–water partition coefficient (Wildman–Crippen LogP) is 6.06. The van der Waals surface area contributed by atoms with Gasteiger partial charge < -0.3 is 15.4 Å². The Morgan fingerprint density at radius 2 is 1.57 bits per heavy atom. The van der Waals surface area contributed by atoms with Crippen LogP contribution in [0.3, 0.4) is 0 Å². The van der Waals surface area contributed by atoms with Crippen molar-refractivity contribution in [2.75, 3.05) is 17.2 Å². The highest BCUT2D eigenvalue weighted by molar-refractivity contribution is 6.06. The van der Waals surface area contributed by atoms with Crippen LogP contribution in [0.25, 0.3) is 0 Å². The lowest BCUT2D eigenvalue weighted by Crippen LogP contribution is -2.22. The van der Waals surface area contributed by atoms with Crippen LogP contribution in [-0.2, 0) is 17.6 Å². The van der Waals surface area contributed by atoms with Crippen LogP contribution in [0.1, 0.15) is 38.3 Å². The molecule has 2 amide bonds. The Morgan fingerprint density at radius 1 is 0.811 bits per heavy atom. The number of benzene rings is 3. The maximum atomic E-state index is 13.1. The molecule has 4 aromatic rings. The van der Waals surface area contributed by atoms with Crippen LogP contribution < -0.4 is 15.4 Å². The highest BCUT2D eigenvalue weighted by atomic mass is 16.5. The average Bonchev–Trinajstić information content (AvgIpc) is 2.89. The third-order valence-electron chi connectivity index (χ3n) is 6.01. The Kier molecular flexibility index (Phi) is 8.31. The number of rotatable bonds is 9. The second kappa shape index (κ2) is 12.0. The summed E-state index contributed by atoms with van der Waals surface area (Å²) in [7, 11) is 0. The topological polar surface area (TPSA) is 80.3 Å². The molecule has 3 aromatic carbocycles. The summed E-state index contributed by atoms with van der Waals surface area (Å²) in [5.74, 6) is -0.243. The van der Waals surface area contributed by atoms with E-state index >= 15 is 0 Å². The van der Waals surface area contributed by atoms with E-state index in [1.54, 1.807) is 30.5 Å². The zero-order valence-corrected chi connectivity index (χ0v) is 21.4. The number of carbonyl (C=O) groups excluding carboxylic acids is 2. The van der Waals surface area contributed by atoms with E-state index in [4.69, 9.17) is 4.74 Å². The monoisotopic (exact) mass is 493 g/mol. The van der Waals surface area contributed by atoms with Gasteiger partial charge in [-0.2, -0.15) is 0 Å². The second-order valence-electron chi connectivity index (χ2n) is 9.08. The summed E-state index contributed by atoms with van der Waals surface area (Å²) < 4.78 is 5.76. The van der Waals surface area contributed by atoms with Crippen LogP contribution in [0.5, 0.6) is 5.75 Å². The molecule has 0 radical (unpaired) electrons. The fraction of sp³-hybridized carbons (Fsp3) is 0.194. The van der Waals surface area contributed by atoms with Crippen molar-refractivity contribution >= 4 is 23.2 Å². The molecule has 0 saturated carbocycles. The van der Waals surface area contributed by atoms with E-state index in [0.717, 1.165) is 46.5 Å². The van der Waals surface area contributed by atoms with E-state index in [-0.39, 0.29) is 18.4 Å². The Labute approximate surface area is 217 Å². The van der Waals surface area contributed by atoms with E-state index in [1.165, 1.54) is 0 Å². The van der Waals surface area contributed by atoms with Crippen molar-refractivity contribution in [3.05, 3.63) is 119 Å². The number of hydrogen-bond acceptors (Lipinski definition) is 4. The van der Waals surface area contributed by atoms with E-state index in [2.05, 4.69) is 15.6 Å². The number of aromatic nitrogens is 1. The number of carbonyl (C=O) groups is 2. The number of hydrogen-bond donors (Lipinski definition) is 2. The quantitative estimate of drug-likeness (QED) is 0.297. The van der Waals surface area contributed by atoms with E-state index in [9.17, 15) is 9.59 Å². The minimum atomic E-state index is -0.303. The first kappa shape index (κ1) is 25.6. The minimum Gasteiger partial charge on any atom is -0.483 e. The molecule has 2 N–H and O–H groups in total. The van der Waals surface area contributed by atoms with Gasteiger partial charge in [-0.05, 0) is 86.7 Å². The van der Waals surface area contributed by atoms with Crippen molar-refractivity contribution in [1.82, 2.24) is 4.98 Å². The molecule has 188 valence electrons. The largest absolute Gasteiger partial charge is 0.483 e. The molecule has 0 bridgehead atoms. The summed E-state index contributed by atoms with van der Waals surface area (Å²) in [4.78, 5) is 30.1. The van der Waals surface area contributed by atoms with E-state index in [1.807, 2.05) is 75.4 Å². The van der Waals surface area contributed by atoms with E-state index < -0.39 is 0 Å². The Hall–Kier alpha value is -4.45. The first-order valence-electron chi connectivity index (χ1n) is 12.3. The van der Waals surface area contributed by atoms with Gasteiger partial charge in [0.25, 0.3) is 11.8 Å². The molecule has 37 heavy (non-hydrogen) atoms. The van der Waals surface area contributed by atoms with Crippen LogP contribution in [0.15, 0.2) is 85.1 Å². The molecule has 6 heteroatoms. The number of pyridine rings is 1. The molecular formula is C31H31N3O3. The molecule has 0 spiro atoms. The summed E-state index contributed by atoms with van der Waals surface area (Å²) in [5, 5.41) is 5.88. The summed E-state index contributed by atoms with van der Waals surface area (Å²) in [6, 6.07) is 24.6. The number of ether oxygens (including phenoxy) is 1. The number of nitrogens with zero attached hydrogens (tertiary/aromatic N) is 1. The van der Waals surface area contributed by atoms with Gasteiger partial charge in [-0.1, -0.05) is 48.0 Å². The summed E-state index contributed by atoms with van der Waals surface area (Å²) in [6.45, 7) is 5.74. The van der Waals surface area contributed by atoms with Crippen molar-refractivity contribution in [2.24, 2.45) is 0 Å². The maximum Gasteiger partial charge on any atom is 0.262 e. The first-order valence-corrected chi connectivity index (χ1v) is 12.3. The molecule has 0 aliphatic carbocycles.